The highest BCUT2D eigenvalue weighted by Gasteiger charge is 2.19. The van der Waals surface area contributed by atoms with Crippen LogP contribution < -0.4 is 10.1 Å². The summed E-state index contributed by atoms with van der Waals surface area (Å²) in [4.78, 5) is 21.3. The number of pyridine rings is 1. The Hall–Kier alpha value is -3.67. The van der Waals surface area contributed by atoms with Gasteiger partial charge < -0.3 is 14.6 Å². The highest BCUT2D eigenvalue weighted by atomic mass is 16.5. The van der Waals surface area contributed by atoms with Gasteiger partial charge in [0, 0.05) is 18.0 Å². The van der Waals surface area contributed by atoms with Gasteiger partial charge in [-0.05, 0) is 49.7 Å². The molecule has 0 aliphatic carbocycles. The molecule has 0 bridgehead atoms. The predicted molar refractivity (Wildman–Crippen MR) is 117 cm³/mol. The lowest BCUT2D eigenvalue weighted by Gasteiger charge is -2.17. The van der Waals surface area contributed by atoms with E-state index in [9.17, 15) is 4.79 Å². The number of carbonyl (C=O) groups excluding carboxylic acids is 1. The molecule has 2 aromatic carbocycles. The van der Waals surface area contributed by atoms with Gasteiger partial charge in [-0.3, -0.25) is 9.78 Å². The van der Waals surface area contributed by atoms with Gasteiger partial charge in [0.15, 0.2) is 0 Å². The molecule has 2 aromatic heterocycles. The Morgan fingerprint density at radius 2 is 1.80 bits per heavy atom. The second kappa shape index (κ2) is 8.78. The number of hydrogen-bond acceptors (Lipinski definition) is 4. The predicted octanol–water partition coefficient (Wildman–Crippen LogP) is 4.31. The van der Waals surface area contributed by atoms with Crippen LogP contribution in [0.4, 0.5) is 0 Å². The minimum Gasteiger partial charge on any atom is -0.491 e. The quantitative estimate of drug-likeness (QED) is 0.502. The third-order valence-corrected chi connectivity index (χ3v) is 5.03. The number of imidazole rings is 1. The molecule has 4 aromatic rings. The summed E-state index contributed by atoms with van der Waals surface area (Å²) in [6.07, 6.45) is 3.22. The van der Waals surface area contributed by atoms with Crippen LogP contribution in [0.15, 0.2) is 73.1 Å². The molecule has 0 saturated carbocycles. The van der Waals surface area contributed by atoms with E-state index in [4.69, 9.17) is 9.72 Å². The van der Waals surface area contributed by atoms with Crippen molar-refractivity contribution in [2.24, 2.45) is 0 Å². The number of hydrogen-bond donors (Lipinski definition) is 1. The number of benzene rings is 2. The molecule has 0 radical (unpaired) electrons. The van der Waals surface area contributed by atoms with Crippen LogP contribution >= 0.6 is 0 Å². The molecule has 1 N–H and O–H groups in total. The first kappa shape index (κ1) is 19.6. The number of fused-ring (bicyclic) bond motifs is 1. The van der Waals surface area contributed by atoms with Crippen LogP contribution in [0.2, 0.25) is 0 Å². The van der Waals surface area contributed by atoms with Gasteiger partial charge in [0.25, 0.3) is 5.91 Å². The van der Waals surface area contributed by atoms with Crippen LogP contribution in [-0.4, -0.2) is 27.0 Å². The summed E-state index contributed by atoms with van der Waals surface area (Å²) in [6.45, 7) is 5.10. The molecule has 1 amide bonds. The average molecular weight is 400 g/mol. The van der Waals surface area contributed by atoms with Crippen molar-refractivity contribution in [2.75, 3.05) is 6.61 Å². The Balaban J connectivity index is 1.55. The molecular formula is C24H24N4O2. The van der Waals surface area contributed by atoms with Gasteiger partial charge in [-0.25, -0.2) is 4.98 Å². The molecule has 0 saturated heterocycles. The highest BCUT2D eigenvalue weighted by molar-refractivity contribution is 5.94. The van der Waals surface area contributed by atoms with Crippen LogP contribution in [0.25, 0.3) is 11.0 Å². The largest absolute Gasteiger partial charge is 0.491 e. The van der Waals surface area contributed by atoms with Crippen LogP contribution in [-0.2, 0) is 6.54 Å². The zero-order valence-corrected chi connectivity index (χ0v) is 17.1. The number of aromatic nitrogens is 3. The fourth-order valence-corrected chi connectivity index (χ4v) is 3.47. The summed E-state index contributed by atoms with van der Waals surface area (Å²) in [5.41, 5.74) is 3.59. The molecule has 6 heteroatoms. The topological polar surface area (TPSA) is 69.0 Å². The van der Waals surface area contributed by atoms with Gasteiger partial charge in [-0.15, -0.1) is 0 Å². The summed E-state index contributed by atoms with van der Waals surface area (Å²) < 4.78 is 8.12. The number of ether oxygens (including phenoxy) is 1. The minimum atomic E-state index is -0.267. The summed E-state index contributed by atoms with van der Waals surface area (Å²) in [5.74, 6) is 1.52. The van der Waals surface area contributed by atoms with Crippen molar-refractivity contribution in [1.82, 2.24) is 19.9 Å². The smallest absolute Gasteiger partial charge is 0.251 e. The summed E-state index contributed by atoms with van der Waals surface area (Å²) in [5, 5.41) is 3.04. The Morgan fingerprint density at radius 3 is 2.60 bits per heavy atom. The molecule has 0 fully saturated rings. The van der Waals surface area contributed by atoms with E-state index >= 15 is 0 Å². The second-order valence-electron chi connectivity index (χ2n) is 7.16. The first-order valence-electron chi connectivity index (χ1n) is 9.98. The maximum absolute atomic E-state index is 12.6. The van der Waals surface area contributed by atoms with E-state index in [2.05, 4.69) is 14.9 Å². The molecule has 1 unspecified atom stereocenters. The summed E-state index contributed by atoms with van der Waals surface area (Å²) >= 11 is 0. The molecule has 30 heavy (non-hydrogen) atoms. The highest BCUT2D eigenvalue weighted by Crippen LogP contribution is 2.22. The zero-order chi connectivity index (χ0) is 20.9. The third-order valence-electron chi connectivity index (χ3n) is 5.03. The number of nitrogens with one attached hydrogen (secondary N) is 1. The van der Waals surface area contributed by atoms with E-state index in [0.29, 0.717) is 18.7 Å². The maximum Gasteiger partial charge on any atom is 0.251 e. The molecule has 0 spiro atoms. The zero-order valence-electron chi connectivity index (χ0n) is 17.1. The average Bonchev–Trinajstić information content (AvgIpc) is 3.14. The lowest BCUT2D eigenvalue weighted by Crippen LogP contribution is -2.29. The van der Waals surface area contributed by atoms with Crippen LogP contribution in [0.1, 0.15) is 34.7 Å². The molecule has 152 valence electrons. The Kier molecular flexibility index (Phi) is 5.75. The fourth-order valence-electron chi connectivity index (χ4n) is 3.47. The number of rotatable bonds is 7. The van der Waals surface area contributed by atoms with E-state index in [1.54, 1.807) is 24.5 Å². The molecule has 0 aliphatic heterocycles. The lowest BCUT2D eigenvalue weighted by molar-refractivity contribution is 0.0937. The van der Waals surface area contributed by atoms with Gasteiger partial charge in [0.2, 0.25) is 0 Å². The monoisotopic (exact) mass is 400 g/mol. The summed E-state index contributed by atoms with van der Waals surface area (Å²) in [6, 6.07) is 19.1. The Bertz CT molecular complexity index is 1150. The van der Waals surface area contributed by atoms with E-state index in [-0.39, 0.29) is 11.9 Å². The van der Waals surface area contributed by atoms with Crippen molar-refractivity contribution in [3.8, 4) is 5.75 Å². The van der Waals surface area contributed by atoms with E-state index in [1.165, 1.54) is 0 Å². The van der Waals surface area contributed by atoms with Gasteiger partial charge in [-0.2, -0.15) is 0 Å². The molecule has 4 rings (SSSR count). The first-order chi connectivity index (χ1) is 14.6. The normalized spacial score (nSPS) is 11.9. The number of aryl methyl sites for hydroxylation is 1. The van der Waals surface area contributed by atoms with Crippen LogP contribution in [0.3, 0.4) is 0 Å². The van der Waals surface area contributed by atoms with Gasteiger partial charge >= 0.3 is 0 Å². The molecule has 6 nitrogen and oxygen atoms in total. The third kappa shape index (κ3) is 4.17. The van der Waals surface area contributed by atoms with Crippen molar-refractivity contribution in [2.45, 2.75) is 26.4 Å². The fraction of sp³-hybridized carbons (Fsp3) is 0.208. The van der Waals surface area contributed by atoms with Crippen molar-refractivity contribution in [3.05, 3.63) is 90.0 Å². The number of para-hydroxylation sites is 3. The van der Waals surface area contributed by atoms with Gasteiger partial charge in [-0.1, -0.05) is 30.3 Å². The lowest BCUT2D eigenvalue weighted by atomic mass is 10.2. The number of nitrogens with zero attached hydrogens (tertiary/aromatic N) is 3. The first-order valence-corrected chi connectivity index (χ1v) is 9.98. The number of carbonyl (C=O) groups is 1. The van der Waals surface area contributed by atoms with Gasteiger partial charge in [0.1, 0.15) is 18.2 Å². The minimum absolute atomic E-state index is 0.153. The Labute approximate surface area is 175 Å². The number of amides is 1. The SMILES string of the molecule is Cc1ccccc1OCCn1c(C(C)NC(=O)c2ccncc2)nc2ccccc21. The molecule has 2 heterocycles. The van der Waals surface area contributed by atoms with Crippen molar-refractivity contribution in [3.63, 3.8) is 0 Å². The molecule has 0 aliphatic rings. The second-order valence-corrected chi connectivity index (χ2v) is 7.16. The molecular weight excluding hydrogens is 376 g/mol. The van der Waals surface area contributed by atoms with E-state index < -0.39 is 0 Å². The standard InChI is InChI=1S/C24H24N4O2/c1-17-7-3-6-10-22(17)30-16-15-28-21-9-5-4-8-20(21)27-23(28)18(2)26-24(29)19-11-13-25-14-12-19/h3-14,18H,15-16H2,1-2H3,(H,26,29). The summed E-state index contributed by atoms with van der Waals surface area (Å²) in [7, 11) is 0. The van der Waals surface area contributed by atoms with Crippen LogP contribution in [0, 0.1) is 6.92 Å². The van der Waals surface area contributed by atoms with Crippen molar-refractivity contribution < 1.29 is 9.53 Å². The van der Waals surface area contributed by atoms with E-state index in [1.807, 2.05) is 62.4 Å². The maximum atomic E-state index is 12.6. The van der Waals surface area contributed by atoms with Crippen LogP contribution in [0.5, 0.6) is 5.75 Å². The Morgan fingerprint density at radius 1 is 1.07 bits per heavy atom. The van der Waals surface area contributed by atoms with Crippen molar-refractivity contribution >= 4 is 16.9 Å². The van der Waals surface area contributed by atoms with Crippen molar-refractivity contribution in [1.29, 1.82) is 0 Å². The molecule has 1 atom stereocenters. The van der Waals surface area contributed by atoms with Gasteiger partial charge in [0.05, 0.1) is 23.6 Å². The van der Waals surface area contributed by atoms with E-state index in [0.717, 1.165) is 28.2 Å².